The summed E-state index contributed by atoms with van der Waals surface area (Å²) < 4.78 is 47.4. The molecule has 2 heterocycles. The second kappa shape index (κ2) is 8.61. The maximum atomic E-state index is 14.4. The first-order valence-electron chi connectivity index (χ1n) is 9.02. The number of halogens is 4. The smallest absolute Gasteiger partial charge is 0.239 e. The molecule has 1 amide bonds. The van der Waals surface area contributed by atoms with Crippen LogP contribution in [0.3, 0.4) is 0 Å². The minimum Gasteiger partial charge on any atom is -0.337 e. The van der Waals surface area contributed by atoms with E-state index in [-0.39, 0.29) is 23.6 Å². The molecule has 0 saturated carbocycles. The molecule has 0 aliphatic heterocycles. The number of pyridine rings is 1. The van der Waals surface area contributed by atoms with E-state index in [1.54, 1.807) is 36.4 Å². The van der Waals surface area contributed by atoms with Crippen molar-refractivity contribution in [1.82, 2.24) is 10.1 Å². The van der Waals surface area contributed by atoms with E-state index in [0.29, 0.717) is 28.3 Å². The number of carbonyl (C=O) groups excluding carboxylic acids is 1. The normalized spacial score (nSPS) is 10.8. The highest BCUT2D eigenvalue weighted by molar-refractivity contribution is 6.31. The second-order valence-electron chi connectivity index (χ2n) is 6.53. The van der Waals surface area contributed by atoms with Crippen molar-refractivity contribution >= 4 is 23.4 Å². The van der Waals surface area contributed by atoms with Gasteiger partial charge in [0.1, 0.15) is 23.1 Å². The van der Waals surface area contributed by atoms with Gasteiger partial charge in [-0.1, -0.05) is 35.0 Å². The van der Waals surface area contributed by atoms with Gasteiger partial charge in [0.15, 0.2) is 0 Å². The molecular weight excluding hydrogens is 431 g/mol. The molecule has 9 heteroatoms. The summed E-state index contributed by atoms with van der Waals surface area (Å²) in [5, 5.41) is 6.73. The molecule has 31 heavy (non-hydrogen) atoms. The van der Waals surface area contributed by atoms with E-state index < -0.39 is 28.9 Å². The molecular formula is C22H13ClF3N3O2. The van der Waals surface area contributed by atoms with Crippen molar-refractivity contribution in [3.8, 4) is 22.4 Å². The summed E-state index contributed by atoms with van der Waals surface area (Å²) >= 11 is 6.09. The molecule has 0 fully saturated rings. The first-order chi connectivity index (χ1) is 14.9. The van der Waals surface area contributed by atoms with Crippen LogP contribution in [0.25, 0.3) is 22.4 Å². The number of aromatic nitrogens is 2. The highest BCUT2D eigenvalue weighted by Crippen LogP contribution is 2.39. The van der Waals surface area contributed by atoms with Gasteiger partial charge < -0.3 is 4.52 Å². The topological polar surface area (TPSA) is 68.0 Å². The highest BCUT2D eigenvalue weighted by Gasteiger charge is 2.26. The van der Waals surface area contributed by atoms with Gasteiger partial charge in [0.05, 0.1) is 17.5 Å². The number of hydrogen-bond donors (Lipinski definition) is 1. The number of rotatable bonds is 5. The van der Waals surface area contributed by atoms with E-state index in [2.05, 4.69) is 15.5 Å². The van der Waals surface area contributed by atoms with Crippen LogP contribution < -0.4 is 5.32 Å². The monoisotopic (exact) mass is 443 g/mol. The average molecular weight is 444 g/mol. The predicted molar refractivity (Wildman–Crippen MR) is 109 cm³/mol. The summed E-state index contributed by atoms with van der Waals surface area (Å²) in [4.78, 5) is 16.5. The zero-order valence-corrected chi connectivity index (χ0v) is 16.5. The molecule has 0 aliphatic rings. The molecule has 0 saturated heterocycles. The van der Waals surface area contributed by atoms with E-state index in [1.807, 2.05) is 0 Å². The van der Waals surface area contributed by atoms with Gasteiger partial charge in [0, 0.05) is 29.5 Å². The van der Waals surface area contributed by atoms with Crippen LogP contribution in [-0.4, -0.2) is 16.0 Å². The van der Waals surface area contributed by atoms with Crippen molar-refractivity contribution in [2.45, 2.75) is 6.42 Å². The van der Waals surface area contributed by atoms with E-state index >= 15 is 0 Å². The fourth-order valence-electron chi connectivity index (χ4n) is 3.09. The number of hydrogen-bond acceptors (Lipinski definition) is 4. The fourth-order valence-corrected chi connectivity index (χ4v) is 3.29. The Kier molecular flexibility index (Phi) is 5.73. The van der Waals surface area contributed by atoms with Crippen LogP contribution >= 0.6 is 11.6 Å². The Balaban J connectivity index is 1.76. The molecule has 0 spiro atoms. The molecule has 0 radical (unpaired) electrons. The van der Waals surface area contributed by atoms with E-state index in [4.69, 9.17) is 16.1 Å². The van der Waals surface area contributed by atoms with Crippen molar-refractivity contribution < 1.29 is 22.5 Å². The summed E-state index contributed by atoms with van der Waals surface area (Å²) in [7, 11) is 0. The lowest BCUT2D eigenvalue weighted by Gasteiger charge is -2.08. The maximum absolute atomic E-state index is 14.4. The van der Waals surface area contributed by atoms with E-state index in [1.165, 1.54) is 12.4 Å². The zero-order valence-electron chi connectivity index (χ0n) is 15.7. The molecule has 5 nitrogen and oxygen atoms in total. The zero-order chi connectivity index (χ0) is 22.0. The Morgan fingerprint density at radius 3 is 2.35 bits per heavy atom. The van der Waals surface area contributed by atoms with Gasteiger partial charge in [-0.05, 0) is 29.3 Å². The third kappa shape index (κ3) is 4.29. The fraction of sp³-hybridized carbons (Fsp3) is 0.0455. The summed E-state index contributed by atoms with van der Waals surface area (Å²) in [5.41, 5.74) is 0.335. The molecule has 4 aromatic rings. The lowest BCUT2D eigenvalue weighted by Crippen LogP contribution is -2.14. The Labute approximate surface area is 179 Å². The third-order valence-corrected chi connectivity index (χ3v) is 4.84. The van der Waals surface area contributed by atoms with Gasteiger partial charge in [0.2, 0.25) is 11.8 Å². The number of nitrogens with one attached hydrogen (secondary N) is 1. The molecule has 0 bridgehead atoms. The van der Waals surface area contributed by atoms with E-state index in [0.717, 1.165) is 0 Å². The Morgan fingerprint density at radius 1 is 1.00 bits per heavy atom. The Morgan fingerprint density at radius 2 is 1.68 bits per heavy atom. The quantitative estimate of drug-likeness (QED) is 0.432. The number of carbonyl (C=O) groups is 1. The Bertz CT molecular complexity index is 1240. The second-order valence-corrected chi connectivity index (χ2v) is 6.94. The van der Waals surface area contributed by atoms with Crippen LogP contribution in [0.1, 0.15) is 5.56 Å². The summed E-state index contributed by atoms with van der Waals surface area (Å²) in [6, 6.07) is 11.0. The lowest BCUT2D eigenvalue weighted by atomic mass is 10.0. The molecule has 0 aliphatic carbocycles. The average Bonchev–Trinajstić information content (AvgIpc) is 3.12. The van der Waals surface area contributed by atoms with Crippen molar-refractivity contribution in [1.29, 1.82) is 0 Å². The van der Waals surface area contributed by atoms with Crippen molar-refractivity contribution in [3.05, 3.63) is 89.0 Å². The molecule has 0 atom stereocenters. The molecule has 0 unspecified atom stereocenters. The number of anilines is 1. The van der Waals surface area contributed by atoms with Gasteiger partial charge in [-0.15, -0.1) is 0 Å². The number of nitrogens with zero attached hydrogens (tertiary/aromatic N) is 2. The van der Waals surface area contributed by atoms with Crippen molar-refractivity contribution in [2.24, 2.45) is 0 Å². The molecule has 1 N–H and O–H groups in total. The third-order valence-electron chi connectivity index (χ3n) is 4.47. The maximum Gasteiger partial charge on any atom is 0.239 e. The van der Waals surface area contributed by atoms with Gasteiger partial charge in [-0.2, -0.15) is 0 Å². The summed E-state index contributed by atoms with van der Waals surface area (Å²) in [6.07, 6.45) is 2.85. The summed E-state index contributed by atoms with van der Waals surface area (Å²) in [6.45, 7) is 0. The predicted octanol–water partition coefficient (Wildman–Crippen LogP) is 5.66. The van der Waals surface area contributed by atoms with Crippen molar-refractivity contribution in [2.75, 3.05) is 5.32 Å². The van der Waals surface area contributed by atoms with Crippen LogP contribution in [0, 0.1) is 17.5 Å². The molecule has 4 rings (SSSR count). The Hall–Kier alpha value is -3.65. The van der Waals surface area contributed by atoms with Gasteiger partial charge in [-0.25, -0.2) is 13.2 Å². The SMILES string of the molecule is O=C(Cc1ccccc1Cl)Nc1onc(-c2c(F)cc(F)cc2F)c1-c1ccncc1. The molecule has 156 valence electrons. The van der Waals surface area contributed by atoms with E-state index in [9.17, 15) is 18.0 Å². The van der Waals surface area contributed by atoms with Crippen molar-refractivity contribution in [3.63, 3.8) is 0 Å². The van der Waals surface area contributed by atoms with Crippen LogP contribution in [0.2, 0.25) is 5.02 Å². The summed E-state index contributed by atoms with van der Waals surface area (Å²) in [5.74, 6) is -3.99. The molecule has 2 aromatic carbocycles. The van der Waals surface area contributed by atoms with Gasteiger partial charge >= 0.3 is 0 Å². The minimum absolute atomic E-state index is 0.0647. The lowest BCUT2D eigenvalue weighted by molar-refractivity contribution is -0.115. The first-order valence-corrected chi connectivity index (χ1v) is 9.40. The highest BCUT2D eigenvalue weighted by atomic mass is 35.5. The van der Waals surface area contributed by atoms with Crippen LogP contribution in [0.4, 0.5) is 19.1 Å². The van der Waals surface area contributed by atoms with Gasteiger partial charge in [0.25, 0.3) is 0 Å². The standard InChI is InChI=1S/C22H13ClF3N3O2/c23-15-4-2-1-3-13(15)9-18(30)28-22-19(12-5-7-27-8-6-12)21(29-31-22)20-16(25)10-14(24)11-17(20)26/h1-8,10-11H,9H2,(H,28,30). The number of benzene rings is 2. The van der Waals surface area contributed by atoms with Crippen LogP contribution in [0.15, 0.2) is 65.4 Å². The first kappa shape index (κ1) is 20.6. The number of amides is 1. The van der Waals surface area contributed by atoms with Crippen LogP contribution in [-0.2, 0) is 11.2 Å². The molecule has 2 aromatic heterocycles. The van der Waals surface area contributed by atoms with Gasteiger partial charge in [-0.3, -0.25) is 15.1 Å². The minimum atomic E-state index is -1.16. The van der Waals surface area contributed by atoms with Crippen LogP contribution in [0.5, 0.6) is 0 Å². The largest absolute Gasteiger partial charge is 0.337 e.